The number of likely N-dealkylation sites (tertiary alicyclic amines) is 1. The first-order chi connectivity index (χ1) is 13.7. The molecule has 0 spiro atoms. The van der Waals surface area contributed by atoms with Gasteiger partial charge in [-0.3, -0.25) is 5.32 Å². The van der Waals surface area contributed by atoms with Gasteiger partial charge in [0.05, 0.1) is 6.10 Å². The zero-order valence-corrected chi connectivity index (χ0v) is 16.2. The van der Waals surface area contributed by atoms with Crippen LogP contribution in [0.5, 0.6) is 0 Å². The molecule has 28 heavy (non-hydrogen) atoms. The van der Waals surface area contributed by atoms with Gasteiger partial charge in [0.15, 0.2) is 5.82 Å². The maximum atomic E-state index is 12.6. The summed E-state index contributed by atoms with van der Waals surface area (Å²) in [5.41, 5.74) is 1.86. The third-order valence-electron chi connectivity index (χ3n) is 5.09. The Bertz CT molecular complexity index is 908. The average molecular weight is 395 g/mol. The van der Waals surface area contributed by atoms with Crippen LogP contribution in [0.1, 0.15) is 24.5 Å². The highest BCUT2D eigenvalue weighted by molar-refractivity contribution is 7.10. The molecule has 2 heterocycles. The fraction of sp³-hybridized carbons (Fsp3) is 0.286. The van der Waals surface area contributed by atoms with Crippen LogP contribution in [-0.4, -0.2) is 38.5 Å². The number of nitrogens with zero attached hydrogens (tertiary/aromatic N) is 3. The maximum Gasteiger partial charge on any atom is 0.323 e. The van der Waals surface area contributed by atoms with Crippen molar-refractivity contribution in [1.82, 2.24) is 14.3 Å². The second-order valence-corrected chi connectivity index (χ2v) is 7.65. The van der Waals surface area contributed by atoms with Gasteiger partial charge in [-0.2, -0.15) is 9.36 Å². The summed E-state index contributed by atoms with van der Waals surface area (Å²) >= 11 is 1.18. The Hall–Kier alpha value is -2.77. The van der Waals surface area contributed by atoms with Crippen LogP contribution in [0.3, 0.4) is 0 Å². The summed E-state index contributed by atoms with van der Waals surface area (Å²) in [5, 5.41) is 13.9. The number of urea groups is 1. The van der Waals surface area contributed by atoms with Crippen LogP contribution in [0.2, 0.25) is 0 Å². The molecule has 0 bridgehead atoms. The molecule has 1 atom stereocenters. The number of aromatic nitrogens is 2. The second kappa shape index (κ2) is 8.50. The number of carbonyl (C=O) groups excluding carboxylic acids is 1. The van der Waals surface area contributed by atoms with E-state index in [9.17, 15) is 9.90 Å². The van der Waals surface area contributed by atoms with E-state index in [1.54, 1.807) is 4.90 Å². The van der Waals surface area contributed by atoms with E-state index in [2.05, 4.69) is 14.7 Å². The second-order valence-electron chi connectivity index (χ2n) is 6.90. The largest absolute Gasteiger partial charge is 0.388 e. The molecule has 0 unspecified atom stereocenters. The Balaban J connectivity index is 1.32. The number of hydrogen-bond donors (Lipinski definition) is 2. The molecule has 7 heteroatoms. The van der Waals surface area contributed by atoms with Gasteiger partial charge in [-0.1, -0.05) is 60.7 Å². The van der Waals surface area contributed by atoms with Crippen LogP contribution in [-0.2, 0) is 0 Å². The molecule has 4 rings (SSSR count). The molecule has 2 N–H and O–H groups in total. The van der Waals surface area contributed by atoms with Crippen molar-refractivity contribution in [2.75, 3.05) is 18.4 Å². The van der Waals surface area contributed by atoms with Gasteiger partial charge in [0.1, 0.15) is 0 Å². The van der Waals surface area contributed by atoms with E-state index in [0.29, 0.717) is 24.0 Å². The minimum atomic E-state index is -0.483. The molecule has 1 fully saturated rings. The number of benzene rings is 2. The summed E-state index contributed by atoms with van der Waals surface area (Å²) in [5.74, 6) is 0.781. The molecule has 1 aliphatic rings. The number of anilines is 1. The lowest BCUT2D eigenvalue weighted by Gasteiger charge is -2.34. The van der Waals surface area contributed by atoms with Crippen LogP contribution in [0.25, 0.3) is 11.4 Å². The third kappa shape index (κ3) is 4.21. The van der Waals surface area contributed by atoms with Gasteiger partial charge in [0.25, 0.3) is 0 Å². The number of amides is 2. The zero-order chi connectivity index (χ0) is 19.3. The fourth-order valence-electron chi connectivity index (χ4n) is 3.49. The van der Waals surface area contributed by atoms with E-state index < -0.39 is 6.10 Å². The zero-order valence-electron chi connectivity index (χ0n) is 15.4. The van der Waals surface area contributed by atoms with E-state index in [0.717, 1.165) is 24.0 Å². The van der Waals surface area contributed by atoms with Gasteiger partial charge < -0.3 is 10.0 Å². The van der Waals surface area contributed by atoms with Gasteiger partial charge in [-0.15, -0.1) is 0 Å². The monoisotopic (exact) mass is 394 g/mol. The molecule has 2 aromatic carbocycles. The van der Waals surface area contributed by atoms with E-state index in [1.807, 2.05) is 60.7 Å². The molecular weight excluding hydrogens is 372 g/mol. The molecule has 6 nitrogen and oxygen atoms in total. The molecule has 3 aromatic rings. The third-order valence-corrected chi connectivity index (χ3v) is 5.72. The summed E-state index contributed by atoms with van der Waals surface area (Å²) in [6, 6.07) is 19.2. The number of nitrogens with one attached hydrogen (secondary N) is 1. The van der Waals surface area contributed by atoms with E-state index in [-0.39, 0.29) is 11.9 Å². The van der Waals surface area contributed by atoms with Crippen molar-refractivity contribution in [3.05, 3.63) is 66.2 Å². The number of carbonyl (C=O) groups is 1. The van der Waals surface area contributed by atoms with Crippen LogP contribution in [0, 0.1) is 5.92 Å². The number of rotatable bonds is 4. The Morgan fingerprint density at radius 3 is 2.39 bits per heavy atom. The Morgan fingerprint density at radius 2 is 1.71 bits per heavy atom. The molecule has 0 radical (unpaired) electrons. The van der Waals surface area contributed by atoms with Gasteiger partial charge in [-0.25, -0.2) is 4.79 Å². The highest BCUT2D eigenvalue weighted by Gasteiger charge is 2.28. The van der Waals surface area contributed by atoms with Crippen molar-refractivity contribution in [3.8, 4) is 11.4 Å². The molecule has 0 aliphatic carbocycles. The Morgan fingerprint density at radius 1 is 1.07 bits per heavy atom. The molecule has 1 aromatic heterocycles. The van der Waals surface area contributed by atoms with Gasteiger partial charge in [0, 0.05) is 30.2 Å². The lowest BCUT2D eigenvalue weighted by molar-refractivity contribution is 0.0683. The first-order valence-corrected chi connectivity index (χ1v) is 10.2. The first-order valence-electron chi connectivity index (χ1n) is 9.39. The molecular formula is C21H22N4O2S. The number of piperidine rings is 1. The summed E-state index contributed by atoms with van der Waals surface area (Å²) < 4.78 is 4.32. The van der Waals surface area contributed by atoms with Crippen LogP contribution in [0.15, 0.2) is 60.7 Å². The highest BCUT2D eigenvalue weighted by atomic mass is 32.1. The molecule has 2 amide bonds. The summed E-state index contributed by atoms with van der Waals surface area (Å²) in [4.78, 5) is 18.7. The average Bonchev–Trinajstić information content (AvgIpc) is 3.23. The quantitative estimate of drug-likeness (QED) is 0.696. The Labute approximate surface area is 168 Å². The van der Waals surface area contributed by atoms with Crippen molar-refractivity contribution < 1.29 is 9.90 Å². The summed E-state index contributed by atoms with van der Waals surface area (Å²) in [6.45, 7) is 1.23. The van der Waals surface area contributed by atoms with E-state index in [4.69, 9.17) is 0 Å². The SMILES string of the molecule is O=C(Nc1nc(-c2ccccc2)ns1)N1CCC([C@@H](O)c2ccccc2)CC1. The lowest BCUT2D eigenvalue weighted by Crippen LogP contribution is -2.42. The number of hydrogen-bond acceptors (Lipinski definition) is 5. The molecule has 144 valence electrons. The normalized spacial score (nSPS) is 16.0. The van der Waals surface area contributed by atoms with Crippen molar-refractivity contribution in [1.29, 1.82) is 0 Å². The predicted octanol–water partition coefficient (Wildman–Crippen LogP) is 4.18. The topological polar surface area (TPSA) is 78.4 Å². The predicted molar refractivity (Wildman–Crippen MR) is 110 cm³/mol. The van der Waals surface area contributed by atoms with E-state index >= 15 is 0 Å². The van der Waals surface area contributed by atoms with Crippen molar-refractivity contribution in [2.45, 2.75) is 18.9 Å². The molecule has 0 saturated carbocycles. The highest BCUT2D eigenvalue weighted by Crippen LogP contribution is 2.31. The van der Waals surface area contributed by atoms with E-state index in [1.165, 1.54) is 11.5 Å². The summed E-state index contributed by atoms with van der Waals surface area (Å²) in [6.07, 6.45) is 1.06. The Kier molecular flexibility index (Phi) is 5.64. The van der Waals surface area contributed by atoms with Gasteiger partial charge >= 0.3 is 6.03 Å². The minimum absolute atomic E-state index is 0.164. The first kappa shape index (κ1) is 18.6. The van der Waals surface area contributed by atoms with Crippen molar-refractivity contribution in [3.63, 3.8) is 0 Å². The smallest absolute Gasteiger partial charge is 0.323 e. The minimum Gasteiger partial charge on any atom is -0.388 e. The van der Waals surface area contributed by atoms with Crippen LogP contribution in [0.4, 0.5) is 9.93 Å². The summed E-state index contributed by atoms with van der Waals surface area (Å²) in [7, 11) is 0. The number of aliphatic hydroxyl groups excluding tert-OH is 1. The van der Waals surface area contributed by atoms with Crippen molar-refractivity contribution in [2.24, 2.45) is 5.92 Å². The van der Waals surface area contributed by atoms with Gasteiger partial charge in [0.2, 0.25) is 5.13 Å². The molecule has 1 saturated heterocycles. The van der Waals surface area contributed by atoms with Crippen molar-refractivity contribution >= 4 is 22.7 Å². The van der Waals surface area contributed by atoms with Crippen LogP contribution < -0.4 is 5.32 Å². The molecule has 1 aliphatic heterocycles. The number of aliphatic hydroxyl groups is 1. The standard InChI is InChI=1S/C21H22N4O2S/c26-18(15-7-3-1-4-8-15)16-11-13-25(14-12-16)21(27)23-20-22-19(24-28-20)17-9-5-2-6-10-17/h1-10,16,18,26H,11-14H2,(H,22,23,24,27)/t18-/m0/s1. The van der Waals surface area contributed by atoms with Crippen LogP contribution >= 0.6 is 11.5 Å². The van der Waals surface area contributed by atoms with Gasteiger partial charge in [-0.05, 0) is 24.3 Å². The fourth-order valence-corrected chi connectivity index (χ4v) is 4.07. The lowest BCUT2D eigenvalue weighted by atomic mass is 9.87. The maximum absolute atomic E-state index is 12.6.